The van der Waals surface area contributed by atoms with Gasteiger partial charge in [-0.25, -0.2) is 4.98 Å². The van der Waals surface area contributed by atoms with Crippen LogP contribution in [0.5, 0.6) is 0 Å². The van der Waals surface area contributed by atoms with Crippen LogP contribution in [-0.2, 0) is 6.54 Å². The summed E-state index contributed by atoms with van der Waals surface area (Å²) in [6.45, 7) is 6.46. The quantitative estimate of drug-likeness (QED) is 0.834. The van der Waals surface area contributed by atoms with Gasteiger partial charge >= 0.3 is 0 Å². The predicted octanol–water partition coefficient (Wildman–Crippen LogP) is 3.77. The van der Waals surface area contributed by atoms with Crippen LogP contribution in [0.2, 0.25) is 5.02 Å². The molecule has 0 unspecified atom stereocenters. The van der Waals surface area contributed by atoms with Gasteiger partial charge in [-0.2, -0.15) is 0 Å². The number of rotatable bonds is 4. The van der Waals surface area contributed by atoms with Gasteiger partial charge in [0, 0.05) is 29.6 Å². The van der Waals surface area contributed by atoms with E-state index in [9.17, 15) is 0 Å². The summed E-state index contributed by atoms with van der Waals surface area (Å²) in [5.74, 6) is 0.801. The van der Waals surface area contributed by atoms with Gasteiger partial charge in [0.2, 0.25) is 5.95 Å². The first-order valence-corrected chi connectivity index (χ1v) is 5.73. The second kappa shape index (κ2) is 5.06. The van der Waals surface area contributed by atoms with Gasteiger partial charge in [-0.15, -0.1) is 6.58 Å². The summed E-state index contributed by atoms with van der Waals surface area (Å²) in [4.78, 5) is 4.26. The standard InChI is InChI=1S/C13H14ClN3/c1-3-7-17-8-6-15-13(17)16-12-5-4-11(14)9-10(12)2/h3-6,8-9H,1,7H2,2H3,(H,15,16). The number of hydrogen-bond acceptors (Lipinski definition) is 2. The zero-order valence-corrected chi connectivity index (χ0v) is 10.4. The van der Waals surface area contributed by atoms with Crippen LogP contribution in [0, 0.1) is 6.92 Å². The van der Waals surface area contributed by atoms with Crippen LogP contribution in [0.1, 0.15) is 5.56 Å². The largest absolute Gasteiger partial charge is 0.325 e. The highest BCUT2D eigenvalue weighted by atomic mass is 35.5. The first-order valence-electron chi connectivity index (χ1n) is 5.36. The lowest BCUT2D eigenvalue weighted by Gasteiger charge is -2.10. The Morgan fingerprint density at radius 3 is 3.06 bits per heavy atom. The molecule has 0 amide bonds. The van der Waals surface area contributed by atoms with Gasteiger partial charge in [-0.1, -0.05) is 17.7 Å². The highest BCUT2D eigenvalue weighted by Crippen LogP contribution is 2.22. The minimum Gasteiger partial charge on any atom is -0.325 e. The van der Waals surface area contributed by atoms with Crippen molar-refractivity contribution in [3.63, 3.8) is 0 Å². The molecule has 0 saturated heterocycles. The zero-order chi connectivity index (χ0) is 12.3. The van der Waals surface area contributed by atoms with Crippen LogP contribution in [-0.4, -0.2) is 9.55 Å². The van der Waals surface area contributed by atoms with E-state index in [1.165, 1.54) is 0 Å². The molecule has 0 saturated carbocycles. The number of aromatic nitrogens is 2. The molecule has 0 spiro atoms. The maximum atomic E-state index is 5.92. The van der Waals surface area contributed by atoms with Crippen molar-refractivity contribution < 1.29 is 0 Å². The lowest BCUT2D eigenvalue weighted by Crippen LogP contribution is -2.02. The van der Waals surface area contributed by atoms with Crippen LogP contribution in [0.3, 0.4) is 0 Å². The molecule has 1 heterocycles. The second-order valence-electron chi connectivity index (χ2n) is 3.78. The molecule has 2 rings (SSSR count). The molecule has 3 nitrogen and oxygen atoms in total. The maximum absolute atomic E-state index is 5.92. The van der Waals surface area contributed by atoms with E-state index in [2.05, 4.69) is 16.9 Å². The van der Waals surface area contributed by atoms with Crippen LogP contribution >= 0.6 is 11.6 Å². The highest BCUT2D eigenvalue weighted by Gasteiger charge is 2.04. The van der Waals surface area contributed by atoms with Crippen molar-refractivity contribution >= 4 is 23.2 Å². The summed E-state index contributed by atoms with van der Waals surface area (Å²) >= 11 is 5.92. The third-order valence-corrected chi connectivity index (χ3v) is 2.71. The van der Waals surface area contributed by atoms with Gasteiger partial charge in [-0.3, -0.25) is 0 Å². The number of allylic oxidation sites excluding steroid dienone is 1. The maximum Gasteiger partial charge on any atom is 0.207 e. The number of nitrogens with zero attached hydrogens (tertiary/aromatic N) is 2. The number of nitrogens with one attached hydrogen (secondary N) is 1. The first-order chi connectivity index (χ1) is 8.20. The van der Waals surface area contributed by atoms with E-state index in [1.54, 1.807) is 6.20 Å². The minimum atomic E-state index is 0.731. The molecule has 0 bridgehead atoms. The van der Waals surface area contributed by atoms with Crippen molar-refractivity contribution in [1.29, 1.82) is 0 Å². The summed E-state index contributed by atoms with van der Waals surface area (Å²) in [5.41, 5.74) is 2.09. The van der Waals surface area contributed by atoms with Crippen LogP contribution in [0.4, 0.5) is 11.6 Å². The Labute approximate surface area is 106 Å². The molecule has 1 N–H and O–H groups in total. The van der Waals surface area contributed by atoms with E-state index >= 15 is 0 Å². The van der Waals surface area contributed by atoms with Crippen molar-refractivity contribution in [2.75, 3.05) is 5.32 Å². The molecule has 1 aromatic heterocycles. The number of benzene rings is 1. The number of halogens is 1. The molecule has 0 aliphatic carbocycles. The summed E-state index contributed by atoms with van der Waals surface area (Å²) in [6.07, 6.45) is 5.51. The van der Waals surface area contributed by atoms with Crippen molar-refractivity contribution in [1.82, 2.24) is 9.55 Å². The predicted molar refractivity (Wildman–Crippen MR) is 71.9 cm³/mol. The van der Waals surface area contributed by atoms with Crippen molar-refractivity contribution in [2.45, 2.75) is 13.5 Å². The Hall–Kier alpha value is -1.74. The molecule has 0 aliphatic rings. The van der Waals surface area contributed by atoms with E-state index in [4.69, 9.17) is 11.6 Å². The molecule has 88 valence electrons. The lowest BCUT2D eigenvalue weighted by molar-refractivity contribution is 0.833. The molecule has 0 aliphatic heterocycles. The molecule has 0 atom stereocenters. The summed E-state index contributed by atoms with van der Waals surface area (Å²) in [6, 6.07) is 5.73. The summed E-state index contributed by atoms with van der Waals surface area (Å²) in [7, 11) is 0. The van der Waals surface area contributed by atoms with Gasteiger partial charge < -0.3 is 9.88 Å². The third-order valence-electron chi connectivity index (χ3n) is 2.48. The van der Waals surface area contributed by atoms with Crippen molar-refractivity contribution in [3.05, 3.63) is 53.8 Å². The summed E-state index contributed by atoms with van der Waals surface area (Å²) in [5, 5.41) is 4.02. The summed E-state index contributed by atoms with van der Waals surface area (Å²) < 4.78 is 1.99. The number of aryl methyl sites for hydroxylation is 1. The lowest BCUT2D eigenvalue weighted by atomic mass is 10.2. The fraction of sp³-hybridized carbons (Fsp3) is 0.154. The number of imidazole rings is 1. The fourth-order valence-electron chi connectivity index (χ4n) is 1.61. The molecule has 0 radical (unpaired) electrons. The first kappa shape index (κ1) is 11.7. The van der Waals surface area contributed by atoms with Gasteiger partial charge in [-0.05, 0) is 30.7 Å². The SMILES string of the molecule is C=CCn1ccnc1Nc1ccc(Cl)cc1C. The minimum absolute atomic E-state index is 0.731. The van der Waals surface area contributed by atoms with Crippen molar-refractivity contribution in [2.24, 2.45) is 0 Å². The molecule has 2 aromatic rings. The van der Waals surface area contributed by atoms with E-state index in [0.717, 1.165) is 28.8 Å². The number of anilines is 2. The van der Waals surface area contributed by atoms with E-state index in [0.29, 0.717) is 0 Å². The van der Waals surface area contributed by atoms with Crippen molar-refractivity contribution in [3.8, 4) is 0 Å². The molecule has 1 aromatic carbocycles. The molecule has 4 heteroatoms. The fourth-order valence-corrected chi connectivity index (χ4v) is 1.83. The second-order valence-corrected chi connectivity index (χ2v) is 4.21. The average Bonchev–Trinajstić information content (AvgIpc) is 2.71. The third kappa shape index (κ3) is 2.68. The monoisotopic (exact) mass is 247 g/mol. The average molecular weight is 248 g/mol. The molecular formula is C13H14ClN3. The Morgan fingerprint density at radius 2 is 2.35 bits per heavy atom. The molecule has 0 fully saturated rings. The number of hydrogen-bond donors (Lipinski definition) is 1. The normalized spacial score (nSPS) is 10.2. The molecular weight excluding hydrogens is 234 g/mol. The Balaban J connectivity index is 2.25. The highest BCUT2D eigenvalue weighted by molar-refractivity contribution is 6.30. The Morgan fingerprint density at radius 1 is 1.53 bits per heavy atom. The molecule has 17 heavy (non-hydrogen) atoms. The van der Waals surface area contributed by atoms with Gasteiger partial charge in [0.15, 0.2) is 0 Å². The Kier molecular flexibility index (Phi) is 3.49. The zero-order valence-electron chi connectivity index (χ0n) is 9.65. The van der Waals surface area contributed by atoms with Crippen LogP contribution < -0.4 is 5.32 Å². The van der Waals surface area contributed by atoms with Crippen LogP contribution in [0.25, 0.3) is 0 Å². The van der Waals surface area contributed by atoms with Gasteiger partial charge in [0.1, 0.15) is 0 Å². The van der Waals surface area contributed by atoms with Gasteiger partial charge in [0.05, 0.1) is 0 Å². The smallest absolute Gasteiger partial charge is 0.207 e. The van der Waals surface area contributed by atoms with E-state index in [-0.39, 0.29) is 0 Å². The Bertz CT molecular complexity index is 531. The van der Waals surface area contributed by atoms with E-state index in [1.807, 2.05) is 42.0 Å². The van der Waals surface area contributed by atoms with Gasteiger partial charge in [0.25, 0.3) is 0 Å². The van der Waals surface area contributed by atoms with Crippen LogP contribution in [0.15, 0.2) is 43.2 Å². The van der Waals surface area contributed by atoms with E-state index < -0.39 is 0 Å². The topological polar surface area (TPSA) is 29.9 Å².